The van der Waals surface area contributed by atoms with Gasteiger partial charge in [-0.25, -0.2) is 4.39 Å². The summed E-state index contributed by atoms with van der Waals surface area (Å²) in [4.78, 5) is 0. The molecular weight excluding hydrogens is 213 g/mol. The normalized spacial score (nSPS) is 27.8. The van der Waals surface area contributed by atoms with Crippen LogP contribution in [0, 0.1) is 17.2 Å². The van der Waals surface area contributed by atoms with Gasteiger partial charge in [-0.2, -0.15) is 0 Å². The first-order valence-electron chi connectivity index (χ1n) is 6.47. The SMILES string of the molecule is CC1CC(Nc2cccc(F)c2)CC(C)(C)C1. The van der Waals surface area contributed by atoms with E-state index in [4.69, 9.17) is 0 Å². The number of anilines is 1. The molecule has 1 saturated carbocycles. The quantitative estimate of drug-likeness (QED) is 0.798. The molecule has 17 heavy (non-hydrogen) atoms. The Labute approximate surface area is 103 Å². The zero-order valence-electron chi connectivity index (χ0n) is 11.0. The van der Waals surface area contributed by atoms with Gasteiger partial charge in [-0.1, -0.05) is 26.8 Å². The van der Waals surface area contributed by atoms with Crippen molar-refractivity contribution in [2.75, 3.05) is 5.32 Å². The Morgan fingerprint density at radius 1 is 1.29 bits per heavy atom. The van der Waals surface area contributed by atoms with Crippen LogP contribution in [0.2, 0.25) is 0 Å². The molecule has 2 rings (SSSR count). The predicted octanol–water partition coefficient (Wildman–Crippen LogP) is 4.45. The summed E-state index contributed by atoms with van der Waals surface area (Å²) >= 11 is 0. The highest BCUT2D eigenvalue weighted by Gasteiger charge is 2.31. The number of hydrogen-bond donors (Lipinski definition) is 1. The number of halogens is 1. The zero-order chi connectivity index (χ0) is 12.5. The van der Waals surface area contributed by atoms with E-state index in [0.717, 1.165) is 18.0 Å². The van der Waals surface area contributed by atoms with Gasteiger partial charge in [-0.05, 0) is 48.8 Å². The molecule has 0 radical (unpaired) electrons. The van der Waals surface area contributed by atoms with E-state index in [1.54, 1.807) is 12.1 Å². The summed E-state index contributed by atoms with van der Waals surface area (Å²) in [7, 11) is 0. The summed E-state index contributed by atoms with van der Waals surface area (Å²) in [6.45, 7) is 6.95. The Morgan fingerprint density at radius 2 is 2.06 bits per heavy atom. The van der Waals surface area contributed by atoms with Crippen LogP contribution in [0.4, 0.5) is 10.1 Å². The Morgan fingerprint density at radius 3 is 2.71 bits per heavy atom. The summed E-state index contributed by atoms with van der Waals surface area (Å²) < 4.78 is 13.1. The molecule has 94 valence electrons. The monoisotopic (exact) mass is 235 g/mol. The Bertz CT molecular complexity index is 386. The van der Waals surface area contributed by atoms with E-state index in [2.05, 4.69) is 26.1 Å². The molecule has 0 heterocycles. The Hall–Kier alpha value is -1.05. The van der Waals surface area contributed by atoms with E-state index < -0.39 is 0 Å². The van der Waals surface area contributed by atoms with E-state index >= 15 is 0 Å². The molecular formula is C15H22FN. The van der Waals surface area contributed by atoms with Crippen molar-refractivity contribution < 1.29 is 4.39 Å². The van der Waals surface area contributed by atoms with Crippen molar-refractivity contribution in [3.63, 3.8) is 0 Å². The third-order valence-corrected chi connectivity index (χ3v) is 3.58. The van der Waals surface area contributed by atoms with Crippen LogP contribution in [0.1, 0.15) is 40.0 Å². The molecule has 2 unspecified atom stereocenters. The highest BCUT2D eigenvalue weighted by molar-refractivity contribution is 5.44. The van der Waals surface area contributed by atoms with Crippen molar-refractivity contribution in [1.82, 2.24) is 0 Å². The van der Waals surface area contributed by atoms with Crippen molar-refractivity contribution in [3.05, 3.63) is 30.1 Å². The van der Waals surface area contributed by atoms with Crippen LogP contribution in [0.3, 0.4) is 0 Å². The van der Waals surface area contributed by atoms with Gasteiger partial charge in [-0.3, -0.25) is 0 Å². The van der Waals surface area contributed by atoms with E-state index in [1.807, 2.05) is 6.07 Å². The van der Waals surface area contributed by atoms with Crippen molar-refractivity contribution in [3.8, 4) is 0 Å². The molecule has 0 saturated heterocycles. The number of hydrogen-bond acceptors (Lipinski definition) is 1. The van der Waals surface area contributed by atoms with Gasteiger partial charge in [0, 0.05) is 11.7 Å². The lowest BCUT2D eigenvalue weighted by atomic mass is 9.70. The summed E-state index contributed by atoms with van der Waals surface area (Å²) in [5.41, 5.74) is 1.29. The number of benzene rings is 1. The second-order valence-corrected chi connectivity index (χ2v) is 6.26. The van der Waals surface area contributed by atoms with Crippen LogP contribution < -0.4 is 5.32 Å². The van der Waals surface area contributed by atoms with E-state index in [1.165, 1.54) is 18.9 Å². The number of rotatable bonds is 2. The molecule has 0 aromatic heterocycles. The minimum Gasteiger partial charge on any atom is -0.382 e. The fourth-order valence-corrected chi connectivity index (χ4v) is 3.27. The maximum atomic E-state index is 13.1. The topological polar surface area (TPSA) is 12.0 Å². The van der Waals surface area contributed by atoms with Gasteiger partial charge in [0.1, 0.15) is 5.82 Å². The molecule has 1 aromatic rings. The smallest absolute Gasteiger partial charge is 0.125 e. The zero-order valence-corrected chi connectivity index (χ0v) is 11.0. The summed E-state index contributed by atoms with van der Waals surface area (Å²) in [5, 5.41) is 3.47. The van der Waals surface area contributed by atoms with Crippen molar-refractivity contribution >= 4 is 5.69 Å². The molecule has 1 fully saturated rings. The van der Waals surface area contributed by atoms with Crippen LogP contribution in [0.25, 0.3) is 0 Å². The van der Waals surface area contributed by atoms with Crippen LogP contribution in [0.15, 0.2) is 24.3 Å². The summed E-state index contributed by atoms with van der Waals surface area (Å²) in [5.74, 6) is 0.572. The van der Waals surface area contributed by atoms with Gasteiger partial charge < -0.3 is 5.32 Å². The Balaban J connectivity index is 2.03. The molecule has 1 aromatic carbocycles. The highest BCUT2D eigenvalue weighted by atomic mass is 19.1. The molecule has 0 spiro atoms. The average Bonchev–Trinajstić information content (AvgIpc) is 2.13. The van der Waals surface area contributed by atoms with Gasteiger partial charge in [0.25, 0.3) is 0 Å². The lowest BCUT2D eigenvalue weighted by Crippen LogP contribution is -2.35. The van der Waals surface area contributed by atoms with Gasteiger partial charge in [0.2, 0.25) is 0 Å². The molecule has 1 aliphatic rings. The molecule has 1 aliphatic carbocycles. The van der Waals surface area contributed by atoms with Gasteiger partial charge in [-0.15, -0.1) is 0 Å². The summed E-state index contributed by atoms with van der Waals surface area (Å²) in [6, 6.07) is 7.23. The lowest BCUT2D eigenvalue weighted by Gasteiger charge is -2.39. The highest BCUT2D eigenvalue weighted by Crippen LogP contribution is 2.39. The van der Waals surface area contributed by atoms with Crippen molar-refractivity contribution in [1.29, 1.82) is 0 Å². The summed E-state index contributed by atoms with van der Waals surface area (Å²) in [6.07, 6.45) is 3.63. The first-order valence-corrected chi connectivity index (χ1v) is 6.47. The lowest BCUT2D eigenvalue weighted by molar-refractivity contribution is 0.178. The minimum absolute atomic E-state index is 0.168. The van der Waals surface area contributed by atoms with Crippen LogP contribution in [0.5, 0.6) is 0 Å². The molecule has 0 aliphatic heterocycles. The van der Waals surface area contributed by atoms with Crippen LogP contribution in [-0.4, -0.2) is 6.04 Å². The van der Waals surface area contributed by atoms with Gasteiger partial charge >= 0.3 is 0 Å². The molecule has 1 N–H and O–H groups in total. The molecule has 2 atom stereocenters. The molecule has 2 heteroatoms. The van der Waals surface area contributed by atoms with Crippen molar-refractivity contribution in [2.24, 2.45) is 11.3 Å². The maximum absolute atomic E-state index is 13.1. The Kier molecular flexibility index (Phi) is 3.41. The average molecular weight is 235 g/mol. The fraction of sp³-hybridized carbons (Fsp3) is 0.600. The molecule has 0 amide bonds. The van der Waals surface area contributed by atoms with Crippen LogP contribution >= 0.6 is 0 Å². The number of nitrogens with one attached hydrogen (secondary N) is 1. The van der Waals surface area contributed by atoms with Crippen molar-refractivity contribution in [2.45, 2.75) is 46.1 Å². The van der Waals surface area contributed by atoms with Gasteiger partial charge in [0.15, 0.2) is 0 Å². The van der Waals surface area contributed by atoms with E-state index in [-0.39, 0.29) is 5.82 Å². The largest absolute Gasteiger partial charge is 0.382 e. The second kappa shape index (κ2) is 4.67. The standard InChI is InChI=1S/C15H22FN/c1-11-7-14(10-15(2,3)9-11)17-13-6-4-5-12(16)8-13/h4-6,8,11,14,17H,7,9-10H2,1-3H3. The molecule has 0 bridgehead atoms. The van der Waals surface area contributed by atoms with E-state index in [9.17, 15) is 4.39 Å². The second-order valence-electron chi connectivity index (χ2n) is 6.26. The maximum Gasteiger partial charge on any atom is 0.125 e. The minimum atomic E-state index is -0.168. The third-order valence-electron chi connectivity index (χ3n) is 3.58. The van der Waals surface area contributed by atoms with E-state index in [0.29, 0.717) is 11.5 Å². The van der Waals surface area contributed by atoms with Crippen LogP contribution in [-0.2, 0) is 0 Å². The predicted molar refractivity (Wildman–Crippen MR) is 70.6 cm³/mol. The fourth-order valence-electron chi connectivity index (χ4n) is 3.27. The third kappa shape index (κ3) is 3.45. The molecule has 1 nitrogen and oxygen atoms in total. The van der Waals surface area contributed by atoms with Gasteiger partial charge in [0.05, 0.1) is 0 Å². The first-order chi connectivity index (χ1) is 7.94. The first kappa shape index (κ1) is 12.4.